The van der Waals surface area contributed by atoms with Gasteiger partial charge in [-0.1, -0.05) is 11.6 Å². The fourth-order valence-corrected chi connectivity index (χ4v) is 3.23. The molecule has 1 aliphatic heterocycles. The van der Waals surface area contributed by atoms with E-state index in [0.29, 0.717) is 11.5 Å². The molecular formula is C18H18ClFN6. The highest BCUT2D eigenvalue weighted by atomic mass is 35.5. The van der Waals surface area contributed by atoms with Crippen molar-refractivity contribution in [3.63, 3.8) is 0 Å². The molecule has 3 heterocycles. The number of nitrogens with one attached hydrogen (secondary N) is 1. The quantitative estimate of drug-likeness (QED) is 0.732. The topological polar surface area (TPSA) is 80.0 Å². The van der Waals surface area contributed by atoms with Gasteiger partial charge in [-0.05, 0) is 31.0 Å². The van der Waals surface area contributed by atoms with Gasteiger partial charge in [-0.2, -0.15) is 0 Å². The zero-order valence-corrected chi connectivity index (χ0v) is 14.7. The Labute approximate surface area is 155 Å². The Morgan fingerprint density at radius 3 is 2.73 bits per heavy atom. The van der Waals surface area contributed by atoms with Crippen molar-refractivity contribution in [2.45, 2.75) is 18.9 Å². The molecule has 3 aromatic rings. The summed E-state index contributed by atoms with van der Waals surface area (Å²) in [6.45, 7) is 1.79. The van der Waals surface area contributed by atoms with Crippen LogP contribution in [0.3, 0.4) is 0 Å². The van der Waals surface area contributed by atoms with Crippen molar-refractivity contribution in [2.24, 2.45) is 5.73 Å². The monoisotopic (exact) mass is 372 g/mol. The van der Waals surface area contributed by atoms with Crippen molar-refractivity contribution < 1.29 is 4.39 Å². The summed E-state index contributed by atoms with van der Waals surface area (Å²) in [4.78, 5) is 15.4. The molecular weight excluding hydrogens is 355 g/mol. The average Bonchev–Trinajstić information content (AvgIpc) is 2.65. The van der Waals surface area contributed by atoms with Gasteiger partial charge in [0.2, 0.25) is 0 Å². The summed E-state index contributed by atoms with van der Waals surface area (Å²) in [5.41, 5.74) is 7.40. The minimum Gasteiger partial charge on any atom is -0.356 e. The van der Waals surface area contributed by atoms with Gasteiger partial charge in [-0.15, -0.1) is 0 Å². The lowest BCUT2D eigenvalue weighted by Crippen LogP contribution is -2.40. The number of pyridine rings is 1. The van der Waals surface area contributed by atoms with E-state index in [4.69, 9.17) is 17.3 Å². The number of nitrogens with zero attached hydrogens (tertiary/aromatic N) is 4. The first-order valence-corrected chi connectivity index (χ1v) is 8.81. The van der Waals surface area contributed by atoms with Crippen LogP contribution in [0.4, 0.5) is 21.7 Å². The Kier molecular flexibility index (Phi) is 4.57. The lowest BCUT2D eigenvalue weighted by molar-refractivity contribution is 0.499. The molecule has 0 atom stereocenters. The zero-order chi connectivity index (χ0) is 18.1. The number of hydrogen-bond donors (Lipinski definition) is 2. The summed E-state index contributed by atoms with van der Waals surface area (Å²) >= 11 is 5.84. The second-order valence-corrected chi connectivity index (χ2v) is 6.77. The summed E-state index contributed by atoms with van der Waals surface area (Å²) in [5.74, 6) is 1.02. The Bertz CT molecular complexity index is 942. The molecule has 1 aliphatic rings. The van der Waals surface area contributed by atoms with Crippen molar-refractivity contribution in [3.05, 3.63) is 47.6 Å². The Morgan fingerprint density at radius 2 is 1.96 bits per heavy atom. The van der Waals surface area contributed by atoms with E-state index in [1.807, 2.05) is 6.07 Å². The number of rotatable bonds is 3. The summed E-state index contributed by atoms with van der Waals surface area (Å²) in [6.07, 6.45) is 5.17. The van der Waals surface area contributed by atoms with E-state index in [1.165, 1.54) is 18.5 Å². The third-order valence-corrected chi connectivity index (χ3v) is 4.84. The van der Waals surface area contributed by atoms with E-state index in [9.17, 15) is 4.39 Å². The van der Waals surface area contributed by atoms with Crippen molar-refractivity contribution in [1.82, 2.24) is 15.0 Å². The number of halogens is 2. The average molecular weight is 373 g/mol. The number of benzene rings is 1. The van der Waals surface area contributed by atoms with Gasteiger partial charge < -0.3 is 16.0 Å². The van der Waals surface area contributed by atoms with Gasteiger partial charge in [0, 0.05) is 37.1 Å². The minimum absolute atomic E-state index is 0.0529. The van der Waals surface area contributed by atoms with Gasteiger partial charge in [-0.25, -0.2) is 19.3 Å². The summed E-state index contributed by atoms with van der Waals surface area (Å²) < 4.78 is 13.3. The number of hydrogen-bond acceptors (Lipinski definition) is 6. The van der Waals surface area contributed by atoms with Crippen LogP contribution in [0, 0.1) is 5.82 Å². The Hall–Kier alpha value is -2.51. The first-order chi connectivity index (χ1) is 12.6. The molecule has 1 saturated heterocycles. The highest BCUT2D eigenvalue weighted by molar-refractivity contribution is 6.31. The lowest BCUT2D eigenvalue weighted by Gasteiger charge is -2.31. The van der Waals surface area contributed by atoms with Gasteiger partial charge in [0.15, 0.2) is 0 Å². The molecule has 0 spiro atoms. The van der Waals surface area contributed by atoms with Gasteiger partial charge in [0.05, 0.1) is 15.9 Å². The van der Waals surface area contributed by atoms with Gasteiger partial charge >= 0.3 is 0 Å². The maximum absolute atomic E-state index is 13.3. The predicted molar refractivity (Wildman–Crippen MR) is 101 cm³/mol. The van der Waals surface area contributed by atoms with Gasteiger partial charge in [0.1, 0.15) is 23.8 Å². The Morgan fingerprint density at radius 1 is 1.15 bits per heavy atom. The minimum atomic E-state index is -0.461. The standard InChI is InChI=1S/C18H18ClFN6/c19-14-7-12(1-2-15(14)20)25-18-13-9-22-17(8-16(13)23-10-24-18)26-5-3-11(21)4-6-26/h1-2,7-11H,3-6,21H2,(H,23,24,25). The van der Waals surface area contributed by atoms with E-state index in [0.717, 1.165) is 42.7 Å². The van der Waals surface area contributed by atoms with E-state index < -0.39 is 5.82 Å². The van der Waals surface area contributed by atoms with E-state index in [-0.39, 0.29) is 11.1 Å². The van der Waals surface area contributed by atoms with E-state index in [1.54, 1.807) is 12.3 Å². The molecule has 1 aromatic carbocycles. The highest BCUT2D eigenvalue weighted by Crippen LogP contribution is 2.27. The molecule has 8 heteroatoms. The predicted octanol–water partition coefficient (Wildman–Crippen LogP) is 3.49. The van der Waals surface area contributed by atoms with Crippen LogP contribution in [-0.4, -0.2) is 34.1 Å². The van der Waals surface area contributed by atoms with Crippen LogP contribution in [0.1, 0.15) is 12.8 Å². The third kappa shape index (κ3) is 3.40. The van der Waals surface area contributed by atoms with Crippen molar-refractivity contribution >= 4 is 39.8 Å². The van der Waals surface area contributed by atoms with Crippen LogP contribution in [0.2, 0.25) is 5.02 Å². The summed E-state index contributed by atoms with van der Waals surface area (Å²) in [7, 11) is 0. The first-order valence-electron chi connectivity index (χ1n) is 8.43. The first kappa shape index (κ1) is 16.9. The van der Waals surface area contributed by atoms with E-state index >= 15 is 0 Å². The third-order valence-electron chi connectivity index (χ3n) is 4.55. The summed E-state index contributed by atoms with van der Waals surface area (Å²) in [5, 5.41) is 3.98. The fourth-order valence-electron chi connectivity index (χ4n) is 3.05. The highest BCUT2D eigenvalue weighted by Gasteiger charge is 2.18. The Balaban J connectivity index is 1.63. The second-order valence-electron chi connectivity index (χ2n) is 6.36. The molecule has 0 bridgehead atoms. The molecule has 6 nitrogen and oxygen atoms in total. The fraction of sp³-hybridized carbons (Fsp3) is 0.278. The van der Waals surface area contributed by atoms with Crippen LogP contribution in [0.5, 0.6) is 0 Å². The number of piperidine rings is 1. The molecule has 0 amide bonds. The van der Waals surface area contributed by atoms with Crippen molar-refractivity contribution in [2.75, 3.05) is 23.3 Å². The molecule has 2 aromatic heterocycles. The largest absolute Gasteiger partial charge is 0.356 e. The van der Waals surface area contributed by atoms with Gasteiger partial charge in [-0.3, -0.25) is 0 Å². The number of anilines is 3. The molecule has 1 fully saturated rings. The lowest BCUT2D eigenvalue weighted by atomic mass is 10.1. The van der Waals surface area contributed by atoms with Crippen molar-refractivity contribution in [3.8, 4) is 0 Å². The maximum Gasteiger partial charge on any atom is 0.143 e. The van der Waals surface area contributed by atoms with Crippen LogP contribution in [0.15, 0.2) is 36.8 Å². The van der Waals surface area contributed by atoms with E-state index in [2.05, 4.69) is 25.2 Å². The van der Waals surface area contributed by atoms with Gasteiger partial charge in [0.25, 0.3) is 0 Å². The number of fused-ring (bicyclic) bond motifs is 1. The SMILES string of the molecule is NC1CCN(c2cc3ncnc(Nc4ccc(F)c(Cl)c4)c3cn2)CC1. The van der Waals surface area contributed by atoms with Crippen LogP contribution >= 0.6 is 11.6 Å². The zero-order valence-electron chi connectivity index (χ0n) is 14.0. The summed E-state index contributed by atoms with van der Waals surface area (Å²) in [6, 6.07) is 6.66. The molecule has 0 unspecified atom stereocenters. The number of aromatic nitrogens is 3. The molecule has 3 N–H and O–H groups in total. The molecule has 4 rings (SSSR count). The smallest absolute Gasteiger partial charge is 0.143 e. The second kappa shape index (κ2) is 7.01. The molecule has 134 valence electrons. The normalized spacial score (nSPS) is 15.4. The molecule has 0 saturated carbocycles. The number of nitrogens with two attached hydrogens (primary N) is 1. The van der Waals surface area contributed by atoms with Crippen LogP contribution < -0.4 is 16.0 Å². The molecule has 0 radical (unpaired) electrons. The van der Waals surface area contributed by atoms with Crippen molar-refractivity contribution in [1.29, 1.82) is 0 Å². The van der Waals surface area contributed by atoms with Crippen LogP contribution in [-0.2, 0) is 0 Å². The maximum atomic E-state index is 13.3. The molecule has 0 aliphatic carbocycles. The van der Waals surface area contributed by atoms with Crippen LogP contribution in [0.25, 0.3) is 10.9 Å². The molecule has 26 heavy (non-hydrogen) atoms.